The van der Waals surface area contributed by atoms with Gasteiger partial charge in [0.05, 0.1) is 13.2 Å². The van der Waals surface area contributed by atoms with E-state index in [2.05, 4.69) is 26.0 Å². The smallest absolute Gasteiger partial charge is 0.462 e. The van der Waals surface area contributed by atoms with E-state index in [9.17, 15) is 19.0 Å². The lowest BCUT2D eigenvalue weighted by molar-refractivity contribution is -0.161. The van der Waals surface area contributed by atoms with Crippen LogP contribution >= 0.6 is 7.82 Å². The Morgan fingerprint density at radius 1 is 0.403 bits per heavy atom. The Hall–Kier alpha value is -1.25. The van der Waals surface area contributed by atoms with Gasteiger partial charge in [-0.3, -0.25) is 18.6 Å². The molecule has 0 aromatic carbocycles. The van der Waals surface area contributed by atoms with Crippen LogP contribution in [0.25, 0.3) is 0 Å². The predicted molar refractivity (Wildman–Crippen MR) is 308 cm³/mol. The monoisotopic (exact) mass is 1040 g/mol. The topological polar surface area (TPSA) is 134 Å². The number of ether oxygens (including phenoxy) is 2. The van der Waals surface area contributed by atoms with Gasteiger partial charge in [-0.2, -0.15) is 0 Å². The van der Waals surface area contributed by atoms with Crippen molar-refractivity contribution in [2.45, 2.75) is 347 Å². The summed E-state index contributed by atoms with van der Waals surface area (Å²) in [5.41, 5.74) is 5.38. The highest BCUT2D eigenvalue weighted by Gasteiger charge is 2.26. The Kier molecular flexibility index (Phi) is 58.0. The number of rotatable bonds is 61. The number of nitrogens with two attached hydrogens (primary N) is 1. The summed E-state index contributed by atoms with van der Waals surface area (Å²) in [6, 6.07) is 0. The molecule has 10 heteroatoms. The summed E-state index contributed by atoms with van der Waals surface area (Å²) in [4.78, 5) is 35.1. The fourth-order valence-electron chi connectivity index (χ4n) is 9.69. The van der Waals surface area contributed by atoms with Gasteiger partial charge in [-0.25, -0.2) is 4.57 Å². The second-order valence-electron chi connectivity index (χ2n) is 21.6. The van der Waals surface area contributed by atoms with Gasteiger partial charge in [-0.05, 0) is 38.5 Å². The summed E-state index contributed by atoms with van der Waals surface area (Å²) in [5.74, 6) is -0.820. The highest BCUT2D eigenvalue weighted by molar-refractivity contribution is 7.47. The van der Waals surface area contributed by atoms with E-state index in [0.29, 0.717) is 6.42 Å². The van der Waals surface area contributed by atoms with Gasteiger partial charge in [0, 0.05) is 19.4 Å². The first-order valence-electron chi connectivity index (χ1n) is 31.7. The first-order chi connectivity index (χ1) is 35.3. The van der Waals surface area contributed by atoms with Gasteiger partial charge in [-0.1, -0.05) is 302 Å². The summed E-state index contributed by atoms with van der Waals surface area (Å²) in [6.45, 7) is 3.78. The molecular formula is C62H122NO8P. The van der Waals surface area contributed by atoms with Gasteiger partial charge < -0.3 is 20.1 Å². The van der Waals surface area contributed by atoms with Crippen LogP contribution < -0.4 is 5.73 Å². The van der Waals surface area contributed by atoms with Crippen molar-refractivity contribution in [2.24, 2.45) is 5.73 Å². The highest BCUT2D eigenvalue weighted by Crippen LogP contribution is 2.43. The van der Waals surface area contributed by atoms with Crippen LogP contribution in [0, 0.1) is 0 Å². The molecule has 2 atom stereocenters. The maximum Gasteiger partial charge on any atom is 0.472 e. The fraction of sp³-hybridized carbons (Fsp3) is 0.935. The summed E-state index contributed by atoms with van der Waals surface area (Å²) < 4.78 is 33.0. The standard InChI is InChI=1S/C62H122NO8P/c1-3-5-7-9-11-13-15-17-19-20-21-22-23-24-25-26-27-28-29-30-31-32-33-34-35-36-37-38-39-40-41-43-44-46-48-50-52-54-61(64)68-58-60(59-70-72(66,67)69-57-56-63)71-62(65)55-53-51-49-47-45-42-18-16-14-12-10-8-6-4-2/h16,18,60H,3-15,17,19-59,63H2,1-2H3,(H,66,67)/b18-16-. The third kappa shape index (κ3) is 58.0. The molecule has 2 unspecified atom stereocenters. The molecule has 428 valence electrons. The minimum Gasteiger partial charge on any atom is -0.462 e. The number of phosphoric ester groups is 1. The van der Waals surface area contributed by atoms with E-state index < -0.39 is 26.5 Å². The van der Waals surface area contributed by atoms with Gasteiger partial charge in [0.1, 0.15) is 6.61 Å². The maximum absolute atomic E-state index is 12.6. The summed E-state index contributed by atoms with van der Waals surface area (Å²) in [5, 5.41) is 0. The minimum absolute atomic E-state index is 0.0552. The lowest BCUT2D eigenvalue weighted by Crippen LogP contribution is -2.29. The van der Waals surface area contributed by atoms with Crippen molar-refractivity contribution >= 4 is 19.8 Å². The second-order valence-corrected chi connectivity index (χ2v) is 23.1. The quantitative estimate of drug-likeness (QED) is 0.0264. The van der Waals surface area contributed by atoms with E-state index in [1.54, 1.807) is 0 Å². The molecule has 0 aliphatic carbocycles. The second kappa shape index (κ2) is 59.0. The molecule has 0 radical (unpaired) electrons. The molecule has 0 spiro atoms. The first kappa shape index (κ1) is 70.8. The molecule has 0 rings (SSSR count). The molecule has 3 N–H and O–H groups in total. The van der Waals surface area contributed by atoms with E-state index in [-0.39, 0.29) is 38.6 Å². The van der Waals surface area contributed by atoms with Crippen molar-refractivity contribution in [1.29, 1.82) is 0 Å². The zero-order valence-electron chi connectivity index (χ0n) is 48.0. The predicted octanol–water partition coefficient (Wildman–Crippen LogP) is 20.0. The lowest BCUT2D eigenvalue weighted by atomic mass is 10.0. The van der Waals surface area contributed by atoms with Crippen molar-refractivity contribution in [3.05, 3.63) is 12.2 Å². The zero-order chi connectivity index (χ0) is 52.4. The van der Waals surface area contributed by atoms with E-state index in [1.807, 2.05) is 0 Å². The number of unbranched alkanes of at least 4 members (excludes halogenated alkanes) is 46. The zero-order valence-corrected chi connectivity index (χ0v) is 48.8. The number of carbonyl (C=O) groups is 2. The van der Waals surface area contributed by atoms with E-state index in [0.717, 1.165) is 51.4 Å². The SMILES string of the molecule is CCCCCCC/C=C\CCCCCCCC(=O)OC(COC(=O)CCCCCCCCCCCCCCCCCCCCCCCCCCCCCCCCCCCCCCC)COP(=O)(O)OCCN. The third-order valence-electron chi connectivity index (χ3n) is 14.4. The molecule has 0 aliphatic rings. The van der Waals surface area contributed by atoms with Crippen LogP contribution in [0.3, 0.4) is 0 Å². The highest BCUT2D eigenvalue weighted by atomic mass is 31.2. The molecule has 0 aromatic rings. The molecule has 0 heterocycles. The van der Waals surface area contributed by atoms with Gasteiger partial charge in [-0.15, -0.1) is 0 Å². The lowest BCUT2D eigenvalue weighted by Gasteiger charge is -2.19. The molecule has 72 heavy (non-hydrogen) atoms. The number of allylic oxidation sites excluding steroid dienone is 2. The molecule has 0 saturated heterocycles. The fourth-order valence-corrected chi connectivity index (χ4v) is 10.5. The van der Waals surface area contributed by atoms with E-state index in [1.165, 1.54) is 257 Å². The van der Waals surface area contributed by atoms with Gasteiger partial charge in [0.2, 0.25) is 0 Å². The molecular weight excluding hydrogens is 918 g/mol. The molecule has 0 aromatic heterocycles. The molecule has 0 fully saturated rings. The van der Waals surface area contributed by atoms with Crippen LogP contribution in [0.5, 0.6) is 0 Å². The summed E-state index contributed by atoms with van der Waals surface area (Å²) in [7, 11) is -4.38. The van der Waals surface area contributed by atoms with Crippen LogP contribution in [0.2, 0.25) is 0 Å². The Labute approximate surface area is 447 Å². The Balaban J connectivity index is 3.71. The van der Waals surface area contributed by atoms with Crippen LogP contribution in [0.1, 0.15) is 341 Å². The molecule has 9 nitrogen and oxygen atoms in total. The minimum atomic E-state index is -4.38. The van der Waals surface area contributed by atoms with Crippen molar-refractivity contribution in [1.82, 2.24) is 0 Å². The summed E-state index contributed by atoms with van der Waals surface area (Å²) >= 11 is 0. The maximum atomic E-state index is 12.6. The van der Waals surface area contributed by atoms with Gasteiger partial charge >= 0.3 is 19.8 Å². The Bertz CT molecular complexity index is 1190. The van der Waals surface area contributed by atoms with Crippen molar-refractivity contribution in [3.8, 4) is 0 Å². The number of carbonyl (C=O) groups excluding carboxylic acids is 2. The number of hydrogen-bond donors (Lipinski definition) is 2. The van der Waals surface area contributed by atoms with Gasteiger partial charge in [0.15, 0.2) is 6.10 Å². The first-order valence-corrected chi connectivity index (χ1v) is 33.2. The van der Waals surface area contributed by atoms with Crippen LogP contribution in [-0.2, 0) is 32.7 Å². The Morgan fingerprint density at radius 2 is 0.681 bits per heavy atom. The van der Waals surface area contributed by atoms with Crippen LogP contribution in [0.4, 0.5) is 0 Å². The molecule has 0 bridgehead atoms. The van der Waals surface area contributed by atoms with Gasteiger partial charge in [0.25, 0.3) is 0 Å². The van der Waals surface area contributed by atoms with Crippen molar-refractivity contribution in [2.75, 3.05) is 26.4 Å². The third-order valence-corrected chi connectivity index (χ3v) is 15.4. The van der Waals surface area contributed by atoms with E-state index in [4.69, 9.17) is 24.3 Å². The van der Waals surface area contributed by atoms with E-state index >= 15 is 0 Å². The largest absolute Gasteiger partial charge is 0.472 e. The van der Waals surface area contributed by atoms with Crippen molar-refractivity contribution < 1.29 is 37.6 Å². The summed E-state index contributed by atoms with van der Waals surface area (Å²) in [6.07, 6.45) is 68.9. The number of phosphoric acid groups is 1. The number of esters is 2. The number of hydrogen-bond acceptors (Lipinski definition) is 8. The Morgan fingerprint density at radius 3 is 0.986 bits per heavy atom. The molecule has 0 amide bonds. The normalized spacial score (nSPS) is 13.0. The average Bonchev–Trinajstić information content (AvgIpc) is 3.37. The van der Waals surface area contributed by atoms with Crippen LogP contribution in [-0.4, -0.2) is 49.3 Å². The molecule has 0 aliphatic heterocycles. The van der Waals surface area contributed by atoms with Crippen molar-refractivity contribution in [3.63, 3.8) is 0 Å². The van der Waals surface area contributed by atoms with Crippen LogP contribution in [0.15, 0.2) is 12.2 Å². The molecule has 0 saturated carbocycles. The average molecular weight is 1040 g/mol.